The van der Waals surface area contributed by atoms with Crippen molar-refractivity contribution in [1.82, 2.24) is 9.66 Å². The number of aromatic nitrogens is 2. The fraction of sp³-hybridized carbons (Fsp3) is 0. The van der Waals surface area contributed by atoms with E-state index in [4.69, 9.17) is 9.40 Å². The zero-order chi connectivity index (χ0) is 21.0. The van der Waals surface area contributed by atoms with Gasteiger partial charge in [-0.2, -0.15) is 9.78 Å². The molecule has 0 N–H and O–H groups in total. The van der Waals surface area contributed by atoms with Crippen LogP contribution in [0.4, 0.5) is 0 Å². The summed E-state index contributed by atoms with van der Waals surface area (Å²) in [7, 11) is 0. The van der Waals surface area contributed by atoms with E-state index in [0.29, 0.717) is 22.5 Å². The number of furan rings is 1. The third kappa shape index (κ3) is 4.06. The second-order valence-electron chi connectivity index (χ2n) is 6.75. The van der Waals surface area contributed by atoms with Crippen molar-refractivity contribution in [3.05, 3.63) is 113 Å². The van der Waals surface area contributed by atoms with Gasteiger partial charge in [0.15, 0.2) is 10.9 Å². The Kier molecular flexibility index (Phi) is 5.21. The molecule has 5 aromatic rings. The quantitative estimate of drug-likeness (QED) is 0.341. The summed E-state index contributed by atoms with van der Waals surface area (Å²) in [5, 5.41) is 5.70. The molecule has 2 aromatic heterocycles. The molecular weight excluding hydrogens is 406 g/mol. The Balaban J connectivity index is 1.53. The van der Waals surface area contributed by atoms with Gasteiger partial charge in [0.1, 0.15) is 5.76 Å². The van der Waals surface area contributed by atoms with Crippen molar-refractivity contribution in [3.63, 3.8) is 0 Å². The predicted octanol–water partition coefficient (Wildman–Crippen LogP) is 5.69. The van der Waals surface area contributed by atoms with Crippen molar-refractivity contribution < 1.29 is 4.42 Å². The molecule has 31 heavy (non-hydrogen) atoms. The molecule has 0 saturated carbocycles. The zero-order valence-electron chi connectivity index (χ0n) is 16.4. The molecule has 5 rings (SSSR count). The first-order valence-corrected chi connectivity index (χ1v) is 10.5. The molecule has 0 fully saturated rings. The Morgan fingerprint density at radius 1 is 0.839 bits per heavy atom. The van der Waals surface area contributed by atoms with Gasteiger partial charge in [-0.05, 0) is 36.4 Å². The summed E-state index contributed by atoms with van der Waals surface area (Å²) in [6.07, 6.45) is 1.54. The van der Waals surface area contributed by atoms with E-state index in [-0.39, 0.29) is 5.56 Å². The summed E-state index contributed by atoms with van der Waals surface area (Å²) in [4.78, 5) is 18.9. The molecule has 0 aliphatic rings. The molecule has 2 heterocycles. The van der Waals surface area contributed by atoms with E-state index in [9.17, 15) is 4.79 Å². The molecule has 0 atom stereocenters. The normalized spacial score (nSPS) is 11.4. The van der Waals surface area contributed by atoms with E-state index in [1.165, 1.54) is 16.4 Å². The van der Waals surface area contributed by atoms with Crippen LogP contribution in [0, 0.1) is 0 Å². The molecule has 5 nitrogen and oxygen atoms in total. The van der Waals surface area contributed by atoms with E-state index in [0.717, 1.165) is 15.6 Å². The van der Waals surface area contributed by atoms with Crippen LogP contribution in [0.1, 0.15) is 5.76 Å². The maximum atomic E-state index is 13.2. The average Bonchev–Trinajstić information content (AvgIpc) is 3.27. The van der Waals surface area contributed by atoms with Crippen LogP contribution in [0.2, 0.25) is 0 Å². The molecule has 0 amide bonds. The first-order chi connectivity index (χ1) is 15.3. The Morgan fingerprint density at radius 2 is 1.55 bits per heavy atom. The average molecular weight is 423 g/mol. The van der Waals surface area contributed by atoms with Gasteiger partial charge in [-0.25, -0.2) is 4.98 Å². The van der Waals surface area contributed by atoms with Gasteiger partial charge in [-0.3, -0.25) is 4.79 Å². The van der Waals surface area contributed by atoms with E-state index in [1.807, 2.05) is 91.0 Å². The Bertz CT molecular complexity index is 1420. The molecule has 0 bridgehead atoms. The fourth-order valence-electron chi connectivity index (χ4n) is 3.18. The second kappa shape index (κ2) is 8.45. The summed E-state index contributed by atoms with van der Waals surface area (Å²) in [5.41, 5.74) is 1.21. The van der Waals surface area contributed by atoms with Crippen LogP contribution in [0.5, 0.6) is 0 Å². The zero-order valence-corrected chi connectivity index (χ0v) is 17.2. The largest absolute Gasteiger partial charge is 0.448 e. The number of benzene rings is 3. The van der Waals surface area contributed by atoms with Gasteiger partial charge < -0.3 is 4.42 Å². The molecule has 3 aromatic carbocycles. The van der Waals surface area contributed by atoms with Crippen LogP contribution in [0.25, 0.3) is 22.3 Å². The third-order valence-corrected chi connectivity index (χ3v) is 5.58. The third-order valence-electron chi connectivity index (χ3n) is 4.65. The minimum Gasteiger partial charge on any atom is -0.448 e. The number of rotatable bonds is 5. The SMILES string of the molecule is O=c1c2ccccc2nc(-c2ccccc2)n1N=Cc1ccc(Sc2ccccc2)o1. The minimum absolute atomic E-state index is 0.230. The van der Waals surface area contributed by atoms with Crippen LogP contribution in [0.3, 0.4) is 0 Å². The van der Waals surface area contributed by atoms with Gasteiger partial charge in [0.25, 0.3) is 5.56 Å². The lowest BCUT2D eigenvalue weighted by Crippen LogP contribution is -2.20. The summed E-state index contributed by atoms with van der Waals surface area (Å²) in [5.74, 6) is 1.03. The van der Waals surface area contributed by atoms with Crippen molar-refractivity contribution in [2.45, 2.75) is 9.99 Å². The highest BCUT2D eigenvalue weighted by atomic mass is 32.2. The maximum Gasteiger partial charge on any atom is 0.282 e. The summed E-state index contributed by atoms with van der Waals surface area (Å²) in [6.45, 7) is 0. The molecule has 0 radical (unpaired) electrons. The van der Waals surface area contributed by atoms with Crippen molar-refractivity contribution in [2.75, 3.05) is 0 Å². The van der Waals surface area contributed by atoms with Crippen molar-refractivity contribution >= 4 is 28.9 Å². The van der Waals surface area contributed by atoms with Crippen molar-refractivity contribution in [1.29, 1.82) is 0 Å². The number of hydrogen-bond donors (Lipinski definition) is 0. The fourth-order valence-corrected chi connectivity index (χ4v) is 3.98. The van der Waals surface area contributed by atoms with Gasteiger partial charge in [0.2, 0.25) is 0 Å². The Morgan fingerprint density at radius 3 is 2.35 bits per heavy atom. The van der Waals surface area contributed by atoms with E-state index >= 15 is 0 Å². The van der Waals surface area contributed by atoms with Crippen LogP contribution in [-0.4, -0.2) is 15.9 Å². The summed E-state index contributed by atoms with van der Waals surface area (Å²) >= 11 is 1.53. The van der Waals surface area contributed by atoms with Gasteiger partial charge >= 0.3 is 0 Å². The Labute approximate surface area is 182 Å². The van der Waals surface area contributed by atoms with E-state index in [2.05, 4.69) is 5.10 Å². The summed E-state index contributed by atoms with van der Waals surface area (Å²) in [6, 6.07) is 30.5. The molecule has 6 heteroatoms. The highest BCUT2D eigenvalue weighted by molar-refractivity contribution is 7.99. The minimum atomic E-state index is -0.230. The smallest absolute Gasteiger partial charge is 0.282 e. The van der Waals surface area contributed by atoms with E-state index < -0.39 is 0 Å². The van der Waals surface area contributed by atoms with Crippen LogP contribution in [0.15, 0.2) is 121 Å². The molecular formula is C25H17N3O2S. The molecule has 150 valence electrons. The van der Waals surface area contributed by atoms with Crippen molar-refractivity contribution in [3.8, 4) is 11.4 Å². The molecule has 0 saturated heterocycles. The van der Waals surface area contributed by atoms with Crippen LogP contribution >= 0.6 is 11.8 Å². The van der Waals surface area contributed by atoms with Crippen LogP contribution in [-0.2, 0) is 0 Å². The van der Waals surface area contributed by atoms with Crippen molar-refractivity contribution in [2.24, 2.45) is 5.10 Å². The highest BCUT2D eigenvalue weighted by Gasteiger charge is 2.12. The highest BCUT2D eigenvalue weighted by Crippen LogP contribution is 2.28. The summed E-state index contributed by atoms with van der Waals surface area (Å²) < 4.78 is 7.18. The first kappa shape index (κ1) is 19.1. The molecule has 0 aliphatic heterocycles. The lowest BCUT2D eigenvalue weighted by atomic mass is 10.2. The first-order valence-electron chi connectivity index (χ1n) is 9.72. The number of nitrogens with zero attached hydrogens (tertiary/aromatic N) is 3. The topological polar surface area (TPSA) is 60.4 Å². The standard InChI is InChI=1S/C25H17N3O2S/c29-25-21-13-7-8-14-22(21)27-24(18-9-3-1-4-10-18)28(25)26-17-19-15-16-23(30-19)31-20-11-5-2-6-12-20/h1-17H. The molecule has 0 unspecified atom stereocenters. The molecule has 0 spiro atoms. The predicted molar refractivity (Wildman–Crippen MR) is 124 cm³/mol. The van der Waals surface area contributed by atoms with Gasteiger partial charge in [0.05, 0.1) is 17.1 Å². The lowest BCUT2D eigenvalue weighted by molar-refractivity contribution is 0.468. The number of para-hydroxylation sites is 1. The lowest BCUT2D eigenvalue weighted by Gasteiger charge is -2.09. The Hall–Kier alpha value is -3.90. The van der Waals surface area contributed by atoms with Crippen LogP contribution < -0.4 is 5.56 Å². The van der Waals surface area contributed by atoms with Gasteiger partial charge in [0, 0.05) is 10.5 Å². The number of fused-ring (bicyclic) bond motifs is 1. The molecule has 0 aliphatic carbocycles. The number of hydrogen-bond acceptors (Lipinski definition) is 5. The monoisotopic (exact) mass is 423 g/mol. The second-order valence-corrected chi connectivity index (χ2v) is 7.83. The van der Waals surface area contributed by atoms with Gasteiger partial charge in [-0.15, -0.1) is 0 Å². The van der Waals surface area contributed by atoms with E-state index in [1.54, 1.807) is 12.3 Å². The van der Waals surface area contributed by atoms with Gasteiger partial charge in [-0.1, -0.05) is 72.4 Å². The maximum absolute atomic E-state index is 13.2.